The molecule has 4 nitrogen and oxygen atoms in total. The van der Waals surface area contributed by atoms with Gasteiger partial charge in [-0.2, -0.15) is 0 Å². The molecule has 11 heavy (non-hydrogen) atoms. The molecule has 1 amide bonds. The molecule has 0 spiro atoms. The van der Waals surface area contributed by atoms with Gasteiger partial charge in [0.1, 0.15) is 6.10 Å². The van der Waals surface area contributed by atoms with E-state index in [0.29, 0.717) is 6.47 Å². The number of primary amides is 1. The Labute approximate surface area is 65.7 Å². The molecule has 2 N–H and O–H groups in total. The zero-order valence-corrected chi connectivity index (χ0v) is 6.74. The molecule has 0 heterocycles. The van der Waals surface area contributed by atoms with Gasteiger partial charge in [-0.3, -0.25) is 9.59 Å². The van der Waals surface area contributed by atoms with Gasteiger partial charge in [-0.1, -0.05) is 13.8 Å². The first kappa shape index (κ1) is 9.94. The fourth-order valence-electron chi connectivity index (χ4n) is 0.711. The number of amides is 1. The second kappa shape index (κ2) is 4.71. The summed E-state index contributed by atoms with van der Waals surface area (Å²) >= 11 is 0. The topological polar surface area (TPSA) is 69.4 Å². The Hall–Kier alpha value is -1.06. The minimum Gasteiger partial charge on any atom is -0.464 e. The van der Waals surface area contributed by atoms with Crippen molar-refractivity contribution in [3.05, 3.63) is 0 Å². The summed E-state index contributed by atoms with van der Waals surface area (Å²) in [6.45, 7) is 4.06. The SMILES string of the molecule is CC(C)C(CC(N)=O)OC=O. The highest BCUT2D eigenvalue weighted by molar-refractivity contribution is 5.74. The third-order valence-corrected chi connectivity index (χ3v) is 1.38. The van der Waals surface area contributed by atoms with Crippen LogP contribution >= 0.6 is 0 Å². The molecule has 0 aliphatic rings. The average Bonchev–Trinajstić information content (AvgIpc) is 1.86. The summed E-state index contributed by atoms with van der Waals surface area (Å²) in [4.78, 5) is 20.3. The maximum atomic E-state index is 10.4. The van der Waals surface area contributed by atoms with Crippen LogP contribution in [0.2, 0.25) is 0 Å². The highest BCUT2D eigenvalue weighted by atomic mass is 16.5. The number of carbonyl (C=O) groups excluding carboxylic acids is 2. The minimum atomic E-state index is -0.453. The van der Waals surface area contributed by atoms with Gasteiger partial charge in [-0.05, 0) is 5.92 Å². The van der Waals surface area contributed by atoms with Crippen LogP contribution in [-0.2, 0) is 14.3 Å². The summed E-state index contributed by atoms with van der Waals surface area (Å²) in [7, 11) is 0. The summed E-state index contributed by atoms with van der Waals surface area (Å²) < 4.78 is 4.63. The van der Waals surface area contributed by atoms with E-state index in [1.807, 2.05) is 13.8 Å². The van der Waals surface area contributed by atoms with Crippen LogP contribution in [0.5, 0.6) is 0 Å². The van der Waals surface area contributed by atoms with E-state index in [9.17, 15) is 9.59 Å². The lowest BCUT2D eigenvalue weighted by Gasteiger charge is -2.16. The standard InChI is InChI=1S/C7H13NO3/c1-5(2)6(11-4-9)3-7(8)10/h4-6H,3H2,1-2H3,(H2,8,10). The van der Waals surface area contributed by atoms with Crippen LogP contribution in [0.15, 0.2) is 0 Å². The predicted octanol–water partition coefficient (Wildman–Crippen LogP) is 0.0594. The van der Waals surface area contributed by atoms with E-state index in [4.69, 9.17) is 5.73 Å². The number of rotatable bonds is 5. The number of hydrogen-bond acceptors (Lipinski definition) is 3. The largest absolute Gasteiger partial charge is 0.464 e. The van der Waals surface area contributed by atoms with Crippen molar-refractivity contribution >= 4 is 12.4 Å². The van der Waals surface area contributed by atoms with Crippen LogP contribution in [-0.4, -0.2) is 18.5 Å². The third kappa shape index (κ3) is 4.36. The van der Waals surface area contributed by atoms with Crippen LogP contribution in [0.25, 0.3) is 0 Å². The molecule has 0 aliphatic carbocycles. The molecule has 0 saturated carbocycles. The van der Waals surface area contributed by atoms with E-state index >= 15 is 0 Å². The lowest BCUT2D eigenvalue weighted by molar-refractivity contribution is -0.137. The second-order valence-electron chi connectivity index (χ2n) is 2.69. The monoisotopic (exact) mass is 159 g/mol. The van der Waals surface area contributed by atoms with Crippen molar-refractivity contribution in [3.63, 3.8) is 0 Å². The zero-order valence-electron chi connectivity index (χ0n) is 6.74. The molecule has 64 valence electrons. The van der Waals surface area contributed by atoms with E-state index < -0.39 is 5.91 Å². The van der Waals surface area contributed by atoms with E-state index in [0.717, 1.165) is 0 Å². The first-order valence-corrected chi connectivity index (χ1v) is 3.45. The molecular formula is C7H13NO3. The van der Waals surface area contributed by atoms with Gasteiger partial charge in [0.05, 0.1) is 6.42 Å². The van der Waals surface area contributed by atoms with Crippen molar-refractivity contribution in [3.8, 4) is 0 Å². The molecule has 0 radical (unpaired) electrons. The van der Waals surface area contributed by atoms with Crippen molar-refractivity contribution < 1.29 is 14.3 Å². The average molecular weight is 159 g/mol. The Morgan fingerprint density at radius 3 is 2.45 bits per heavy atom. The van der Waals surface area contributed by atoms with Crippen LogP contribution < -0.4 is 5.73 Å². The summed E-state index contributed by atoms with van der Waals surface area (Å²) in [5.41, 5.74) is 4.93. The van der Waals surface area contributed by atoms with Crippen molar-refractivity contribution in [2.45, 2.75) is 26.4 Å². The smallest absolute Gasteiger partial charge is 0.293 e. The van der Waals surface area contributed by atoms with Crippen LogP contribution in [0.4, 0.5) is 0 Å². The molecule has 0 aromatic carbocycles. The Morgan fingerprint density at radius 1 is 1.64 bits per heavy atom. The lowest BCUT2D eigenvalue weighted by Crippen LogP contribution is -2.26. The molecule has 0 aromatic heterocycles. The molecule has 4 heteroatoms. The maximum absolute atomic E-state index is 10.4. The molecule has 0 fully saturated rings. The molecule has 1 atom stereocenters. The van der Waals surface area contributed by atoms with Gasteiger partial charge < -0.3 is 10.5 Å². The molecule has 0 bridgehead atoms. The molecule has 0 aromatic rings. The quantitative estimate of drug-likeness (QED) is 0.576. The zero-order chi connectivity index (χ0) is 8.85. The second-order valence-corrected chi connectivity index (χ2v) is 2.69. The molecule has 0 saturated heterocycles. The maximum Gasteiger partial charge on any atom is 0.293 e. The van der Waals surface area contributed by atoms with Gasteiger partial charge >= 0.3 is 0 Å². The van der Waals surface area contributed by atoms with Gasteiger partial charge in [0.2, 0.25) is 5.91 Å². The summed E-state index contributed by atoms with van der Waals surface area (Å²) in [6.07, 6.45) is -0.291. The van der Waals surface area contributed by atoms with Gasteiger partial charge in [0.25, 0.3) is 6.47 Å². The Bertz CT molecular complexity index is 145. The van der Waals surface area contributed by atoms with Crippen molar-refractivity contribution in [1.29, 1.82) is 0 Å². The Morgan fingerprint density at radius 2 is 2.18 bits per heavy atom. The number of nitrogens with two attached hydrogens (primary N) is 1. The highest BCUT2D eigenvalue weighted by Crippen LogP contribution is 2.08. The Kier molecular flexibility index (Phi) is 4.26. The fraction of sp³-hybridized carbons (Fsp3) is 0.714. The number of ether oxygens (including phenoxy) is 1. The summed E-state index contributed by atoms with van der Waals surface area (Å²) in [5.74, 6) is -0.335. The highest BCUT2D eigenvalue weighted by Gasteiger charge is 2.16. The Balaban J connectivity index is 3.88. The summed E-state index contributed by atoms with van der Waals surface area (Å²) in [5, 5.41) is 0. The molecule has 1 unspecified atom stereocenters. The molecule has 0 aliphatic heterocycles. The van der Waals surface area contributed by atoms with Crippen molar-refractivity contribution in [1.82, 2.24) is 0 Å². The van der Waals surface area contributed by atoms with Gasteiger partial charge in [0, 0.05) is 0 Å². The molecule has 0 rings (SSSR count). The van der Waals surface area contributed by atoms with Gasteiger partial charge in [0.15, 0.2) is 0 Å². The number of carbonyl (C=O) groups is 2. The van der Waals surface area contributed by atoms with E-state index in [1.54, 1.807) is 0 Å². The third-order valence-electron chi connectivity index (χ3n) is 1.38. The van der Waals surface area contributed by atoms with E-state index in [2.05, 4.69) is 4.74 Å². The summed E-state index contributed by atoms with van der Waals surface area (Å²) in [6, 6.07) is 0. The van der Waals surface area contributed by atoms with Crippen molar-refractivity contribution in [2.24, 2.45) is 11.7 Å². The lowest BCUT2D eigenvalue weighted by atomic mass is 10.0. The fourth-order valence-corrected chi connectivity index (χ4v) is 0.711. The van der Waals surface area contributed by atoms with E-state index in [-0.39, 0.29) is 18.4 Å². The minimum absolute atomic E-state index is 0.0937. The van der Waals surface area contributed by atoms with Gasteiger partial charge in [-0.25, -0.2) is 0 Å². The first-order chi connectivity index (χ1) is 5.07. The van der Waals surface area contributed by atoms with E-state index in [1.165, 1.54) is 0 Å². The molecular weight excluding hydrogens is 146 g/mol. The predicted molar refractivity (Wildman–Crippen MR) is 39.6 cm³/mol. The van der Waals surface area contributed by atoms with Crippen LogP contribution in [0, 0.1) is 5.92 Å². The van der Waals surface area contributed by atoms with Crippen LogP contribution in [0.1, 0.15) is 20.3 Å². The van der Waals surface area contributed by atoms with Gasteiger partial charge in [-0.15, -0.1) is 0 Å². The van der Waals surface area contributed by atoms with Crippen LogP contribution in [0.3, 0.4) is 0 Å². The number of hydrogen-bond donors (Lipinski definition) is 1. The normalized spacial score (nSPS) is 12.6. The van der Waals surface area contributed by atoms with Crippen molar-refractivity contribution in [2.75, 3.05) is 0 Å². The first-order valence-electron chi connectivity index (χ1n) is 3.45.